The molecular formula is C11H23NO2. The summed E-state index contributed by atoms with van der Waals surface area (Å²) >= 11 is 0. The minimum Gasteiger partial charge on any atom is -0.393 e. The lowest BCUT2D eigenvalue weighted by atomic mass is 9.91. The molecule has 0 aromatic rings. The lowest BCUT2D eigenvalue weighted by Crippen LogP contribution is -2.47. The summed E-state index contributed by atoms with van der Waals surface area (Å²) < 4.78 is 0. The maximum absolute atomic E-state index is 10.1. The molecule has 84 valence electrons. The highest BCUT2D eigenvalue weighted by Crippen LogP contribution is 2.20. The largest absolute Gasteiger partial charge is 0.393 e. The van der Waals surface area contributed by atoms with Gasteiger partial charge in [0.15, 0.2) is 0 Å². The fraction of sp³-hybridized carbons (Fsp3) is 1.00. The quantitative estimate of drug-likeness (QED) is 0.711. The number of likely N-dealkylation sites (tertiary alicyclic amines) is 1. The smallest absolute Gasteiger partial charge is 0.0768 e. The highest BCUT2D eigenvalue weighted by atomic mass is 16.3. The topological polar surface area (TPSA) is 43.7 Å². The van der Waals surface area contributed by atoms with Crippen molar-refractivity contribution in [3.63, 3.8) is 0 Å². The van der Waals surface area contributed by atoms with Gasteiger partial charge in [0.05, 0.1) is 11.7 Å². The maximum Gasteiger partial charge on any atom is 0.0768 e. The van der Waals surface area contributed by atoms with Crippen molar-refractivity contribution in [3.05, 3.63) is 0 Å². The predicted molar refractivity (Wildman–Crippen MR) is 57.1 cm³/mol. The van der Waals surface area contributed by atoms with E-state index in [4.69, 9.17) is 0 Å². The van der Waals surface area contributed by atoms with Crippen LogP contribution < -0.4 is 0 Å². The van der Waals surface area contributed by atoms with Gasteiger partial charge in [-0.15, -0.1) is 0 Å². The Kier molecular flexibility index (Phi) is 3.93. The van der Waals surface area contributed by atoms with Gasteiger partial charge in [-0.3, -0.25) is 0 Å². The van der Waals surface area contributed by atoms with Gasteiger partial charge in [0.1, 0.15) is 0 Å². The Hall–Kier alpha value is -0.120. The van der Waals surface area contributed by atoms with E-state index in [0.717, 1.165) is 32.5 Å². The highest BCUT2D eigenvalue weighted by molar-refractivity contribution is 4.83. The van der Waals surface area contributed by atoms with Gasteiger partial charge in [-0.25, -0.2) is 0 Å². The van der Waals surface area contributed by atoms with Crippen LogP contribution in [0.4, 0.5) is 0 Å². The molecular weight excluding hydrogens is 178 g/mol. The summed E-state index contributed by atoms with van der Waals surface area (Å²) in [5.41, 5.74) is -0.609. The zero-order valence-corrected chi connectivity index (χ0v) is 9.53. The molecule has 3 heteroatoms. The summed E-state index contributed by atoms with van der Waals surface area (Å²) in [4.78, 5) is 2.24. The van der Waals surface area contributed by atoms with Crippen molar-refractivity contribution < 1.29 is 10.2 Å². The first-order valence-electron chi connectivity index (χ1n) is 5.54. The molecule has 2 N–H and O–H groups in total. The molecule has 0 saturated carbocycles. The maximum atomic E-state index is 10.1. The number of rotatable bonds is 3. The summed E-state index contributed by atoms with van der Waals surface area (Å²) in [6, 6.07) is 0. The van der Waals surface area contributed by atoms with E-state index < -0.39 is 5.60 Å². The van der Waals surface area contributed by atoms with Crippen molar-refractivity contribution in [2.45, 2.75) is 45.3 Å². The first-order valence-corrected chi connectivity index (χ1v) is 5.54. The Balaban J connectivity index is 2.37. The molecule has 0 aliphatic carbocycles. The van der Waals surface area contributed by atoms with Gasteiger partial charge in [0.25, 0.3) is 0 Å². The Labute approximate surface area is 86.7 Å². The van der Waals surface area contributed by atoms with Gasteiger partial charge in [-0.05, 0) is 25.7 Å². The van der Waals surface area contributed by atoms with Gasteiger partial charge < -0.3 is 15.1 Å². The van der Waals surface area contributed by atoms with Gasteiger partial charge in [0.2, 0.25) is 0 Å². The van der Waals surface area contributed by atoms with E-state index in [2.05, 4.69) is 4.90 Å². The van der Waals surface area contributed by atoms with Crippen LogP contribution >= 0.6 is 0 Å². The van der Waals surface area contributed by atoms with Crippen molar-refractivity contribution in [2.75, 3.05) is 19.6 Å². The zero-order valence-electron chi connectivity index (χ0n) is 9.53. The van der Waals surface area contributed by atoms with E-state index in [-0.39, 0.29) is 12.0 Å². The normalized spacial score (nSPS) is 25.3. The molecule has 1 unspecified atom stereocenters. The van der Waals surface area contributed by atoms with Crippen LogP contribution in [-0.2, 0) is 0 Å². The molecule has 0 bridgehead atoms. The third kappa shape index (κ3) is 3.23. The average Bonchev–Trinajstić information content (AvgIpc) is 2.08. The number of piperidine rings is 1. The molecule has 1 aliphatic rings. The minimum absolute atomic E-state index is 0.129. The van der Waals surface area contributed by atoms with Crippen LogP contribution in [-0.4, -0.2) is 46.5 Å². The molecule has 0 aromatic carbocycles. The molecule has 0 radical (unpaired) electrons. The summed E-state index contributed by atoms with van der Waals surface area (Å²) in [6.45, 7) is 8.51. The first kappa shape index (κ1) is 12.0. The van der Waals surface area contributed by atoms with Crippen molar-refractivity contribution in [3.8, 4) is 0 Å². The van der Waals surface area contributed by atoms with E-state index in [1.165, 1.54) is 0 Å². The molecule has 1 atom stereocenters. The summed E-state index contributed by atoms with van der Waals surface area (Å²) in [7, 11) is 0. The number of aliphatic hydroxyl groups is 2. The van der Waals surface area contributed by atoms with E-state index in [0.29, 0.717) is 0 Å². The van der Waals surface area contributed by atoms with Gasteiger partial charge in [-0.1, -0.05) is 13.8 Å². The Bertz CT molecular complexity index is 172. The standard InChI is InChI=1S/C11H23NO2/c1-9(2)11(3,14)8-12-6-4-10(13)5-7-12/h9-10,13-14H,4-8H2,1-3H3. The second-order valence-electron chi connectivity index (χ2n) is 5.02. The Morgan fingerprint density at radius 2 is 1.86 bits per heavy atom. The van der Waals surface area contributed by atoms with E-state index in [1.54, 1.807) is 0 Å². The molecule has 1 aliphatic heterocycles. The summed E-state index contributed by atoms with van der Waals surface area (Å²) in [5.74, 6) is 0.273. The molecule has 1 rings (SSSR count). The van der Waals surface area contributed by atoms with Crippen molar-refractivity contribution in [1.29, 1.82) is 0 Å². The molecule has 0 spiro atoms. The number of nitrogens with zero attached hydrogens (tertiary/aromatic N) is 1. The number of aliphatic hydroxyl groups excluding tert-OH is 1. The van der Waals surface area contributed by atoms with E-state index in [1.807, 2.05) is 20.8 Å². The van der Waals surface area contributed by atoms with Crippen molar-refractivity contribution >= 4 is 0 Å². The second-order valence-corrected chi connectivity index (χ2v) is 5.02. The van der Waals surface area contributed by atoms with Crippen LogP contribution in [0.5, 0.6) is 0 Å². The summed E-state index contributed by atoms with van der Waals surface area (Å²) in [6.07, 6.45) is 1.55. The molecule has 14 heavy (non-hydrogen) atoms. The fourth-order valence-corrected chi connectivity index (χ4v) is 1.71. The van der Waals surface area contributed by atoms with Crippen LogP contribution in [0.2, 0.25) is 0 Å². The third-order valence-corrected chi connectivity index (χ3v) is 3.34. The molecule has 3 nitrogen and oxygen atoms in total. The fourth-order valence-electron chi connectivity index (χ4n) is 1.71. The van der Waals surface area contributed by atoms with Crippen molar-refractivity contribution in [2.24, 2.45) is 5.92 Å². The molecule has 1 heterocycles. The van der Waals surface area contributed by atoms with Crippen LogP contribution in [0.3, 0.4) is 0 Å². The van der Waals surface area contributed by atoms with Crippen LogP contribution in [0.25, 0.3) is 0 Å². The van der Waals surface area contributed by atoms with E-state index in [9.17, 15) is 10.2 Å². The molecule has 0 amide bonds. The molecule has 0 aromatic heterocycles. The van der Waals surface area contributed by atoms with E-state index >= 15 is 0 Å². The van der Waals surface area contributed by atoms with Crippen LogP contribution in [0.15, 0.2) is 0 Å². The lowest BCUT2D eigenvalue weighted by molar-refractivity contribution is -0.0324. The minimum atomic E-state index is -0.609. The highest BCUT2D eigenvalue weighted by Gasteiger charge is 2.29. The van der Waals surface area contributed by atoms with Gasteiger partial charge in [-0.2, -0.15) is 0 Å². The van der Waals surface area contributed by atoms with Gasteiger partial charge >= 0.3 is 0 Å². The van der Waals surface area contributed by atoms with Gasteiger partial charge in [0, 0.05) is 19.6 Å². The summed E-state index contributed by atoms with van der Waals surface area (Å²) in [5, 5.41) is 19.5. The van der Waals surface area contributed by atoms with Crippen LogP contribution in [0, 0.1) is 5.92 Å². The number of β-amino-alcohol motifs (C(OH)–C–C–N with tert-alkyl or cyclic N) is 1. The van der Waals surface area contributed by atoms with Crippen LogP contribution in [0.1, 0.15) is 33.6 Å². The SMILES string of the molecule is CC(C)C(C)(O)CN1CCC(O)CC1. The van der Waals surface area contributed by atoms with Crippen molar-refractivity contribution in [1.82, 2.24) is 4.90 Å². The lowest BCUT2D eigenvalue weighted by Gasteiger charge is -2.37. The average molecular weight is 201 g/mol. The monoisotopic (exact) mass is 201 g/mol. The molecule has 1 saturated heterocycles. The number of hydrogen-bond donors (Lipinski definition) is 2. The zero-order chi connectivity index (χ0) is 10.8. The first-order chi connectivity index (χ1) is 6.42. The number of hydrogen-bond acceptors (Lipinski definition) is 3. The predicted octanol–water partition coefficient (Wildman–Crippen LogP) is 0.850. The second kappa shape index (κ2) is 4.60. The Morgan fingerprint density at radius 1 is 1.36 bits per heavy atom. The molecule has 1 fully saturated rings. The Morgan fingerprint density at radius 3 is 2.29 bits per heavy atom. The third-order valence-electron chi connectivity index (χ3n) is 3.34.